The van der Waals surface area contributed by atoms with Crippen LogP contribution in [0.15, 0.2) is 0 Å². The molecule has 0 amide bonds. The van der Waals surface area contributed by atoms with Crippen LogP contribution in [0.4, 0.5) is 0 Å². The van der Waals surface area contributed by atoms with Gasteiger partial charge in [0.05, 0.1) is 12.5 Å². The summed E-state index contributed by atoms with van der Waals surface area (Å²) < 4.78 is 46.2. The molecule has 0 saturated heterocycles. The standard InChI is InChI=1S/C9H19NO4S2/c1-15(11,12)10(16(2,13)14)8-9-6-4-3-5-7-9/h9H,3-8H2,1-2H3. The molecule has 96 valence electrons. The third kappa shape index (κ3) is 4.03. The molecular weight excluding hydrogens is 250 g/mol. The Labute approximate surface area is 97.9 Å². The normalized spacial score (nSPS) is 20.2. The van der Waals surface area contributed by atoms with Crippen LogP contribution in [0.3, 0.4) is 0 Å². The van der Waals surface area contributed by atoms with Gasteiger partial charge in [-0.2, -0.15) is 0 Å². The number of rotatable bonds is 4. The van der Waals surface area contributed by atoms with Crippen LogP contribution in [-0.4, -0.2) is 39.6 Å². The molecule has 0 atom stereocenters. The van der Waals surface area contributed by atoms with Gasteiger partial charge in [0.2, 0.25) is 20.0 Å². The molecule has 0 bridgehead atoms. The third-order valence-corrected chi connectivity index (χ3v) is 6.27. The van der Waals surface area contributed by atoms with Crippen molar-refractivity contribution in [2.45, 2.75) is 32.1 Å². The Morgan fingerprint density at radius 2 is 1.38 bits per heavy atom. The Hall–Kier alpha value is -0.140. The highest BCUT2D eigenvalue weighted by Crippen LogP contribution is 2.25. The van der Waals surface area contributed by atoms with Gasteiger partial charge in [-0.05, 0) is 18.8 Å². The lowest BCUT2D eigenvalue weighted by molar-refractivity contribution is 0.324. The van der Waals surface area contributed by atoms with E-state index in [0.29, 0.717) is 3.71 Å². The van der Waals surface area contributed by atoms with E-state index in [1.165, 1.54) is 0 Å². The molecule has 1 aliphatic rings. The lowest BCUT2D eigenvalue weighted by Gasteiger charge is -2.26. The van der Waals surface area contributed by atoms with Gasteiger partial charge in [0.1, 0.15) is 0 Å². The Morgan fingerprint density at radius 3 is 1.75 bits per heavy atom. The summed E-state index contributed by atoms with van der Waals surface area (Å²) in [4.78, 5) is 0. The average molecular weight is 269 g/mol. The summed E-state index contributed by atoms with van der Waals surface area (Å²) in [6, 6.07) is 0. The molecule has 0 heterocycles. The van der Waals surface area contributed by atoms with Crippen LogP contribution >= 0.6 is 0 Å². The maximum Gasteiger partial charge on any atom is 0.224 e. The molecule has 7 heteroatoms. The molecule has 0 unspecified atom stereocenters. The molecule has 1 rings (SSSR count). The lowest BCUT2D eigenvalue weighted by atomic mass is 9.89. The highest BCUT2D eigenvalue weighted by atomic mass is 32.3. The summed E-state index contributed by atoms with van der Waals surface area (Å²) in [5, 5.41) is 0. The summed E-state index contributed by atoms with van der Waals surface area (Å²) in [5.41, 5.74) is 0. The van der Waals surface area contributed by atoms with Crippen molar-refractivity contribution in [1.29, 1.82) is 0 Å². The minimum Gasteiger partial charge on any atom is -0.212 e. The molecule has 1 saturated carbocycles. The van der Waals surface area contributed by atoms with Crippen molar-refractivity contribution < 1.29 is 16.8 Å². The van der Waals surface area contributed by atoms with Crippen molar-refractivity contribution in [3.05, 3.63) is 0 Å². The fourth-order valence-corrected chi connectivity index (χ4v) is 5.03. The van der Waals surface area contributed by atoms with Crippen molar-refractivity contribution in [3.63, 3.8) is 0 Å². The number of sulfonamides is 2. The van der Waals surface area contributed by atoms with E-state index in [-0.39, 0.29) is 12.5 Å². The largest absolute Gasteiger partial charge is 0.224 e. The zero-order valence-electron chi connectivity index (χ0n) is 9.72. The van der Waals surface area contributed by atoms with Gasteiger partial charge in [-0.3, -0.25) is 0 Å². The second-order valence-corrected chi connectivity index (χ2v) is 8.53. The van der Waals surface area contributed by atoms with E-state index < -0.39 is 20.0 Å². The van der Waals surface area contributed by atoms with Gasteiger partial charge in [0, 0.05) is 6.54 Å². The zero-order valence-corrected chi connectivity index (χ0v) is 11.3. The van der Waals surface area contributed by atoms with Crippen LogP contribution in [0.25, 0.3) is 0 Å². The Balaban J connectivity index is 2.79. The van der Waals surface area contributed by atoms with Crippen LogP contribution in [-0.2, 0) is 20.0 Å². The first-order valence-corrected chi connectivity index (χ1v) is 9.09. The fourth-order valence-electron chi connectivity index (χ4n) is 2.10. The van der Waals surface area contributed by atoms with Gasteiger partial charge >= 0.3 is 0 Å². The molecule has 0 aromatic carbocycles. The van der Waals surface area contributed by atoms with E-state index in [0.717, 1.165) is 44.6 Å². The SMILES string of the molecule is CS(=O)(=O)N(CC1CCCCC1)S(C)(=O)=O. The monoisotopic (exact) mass is 269 g/mol. The number of hydrogen-bond acceptors (Lipinski definition) is 4. The van der Waals surface area contributed by atoms with E-state index in [9.17, 15) is 16.8 Å². The molecule has 1 fully saturated rings. The van der Waals surface area contributed by atoms with Crippen LogP contribution < -0.4 is 0 Å². The maximum absolute atomic E-state index is 11.4. The topological polar surface area (TPSA) is 71.5 Å². The van der Waals surface area contributed by atoms with Crippen molar-refractivity contribution in [2.75, 3.05) is 19.1 Å². The van der Waals surface area contributed by atoms with Gasteiger partial charge in [-0.1, -0.05) is 23.0 Å². The zero-order chi connectivity index (χ0) is 12.4. The van der Waals surface area contributed by atoms with Gasteiger partial charge in [0.25, 0.3) is 0 Å². The third-order valence-electron chi connectivity index (χ3n) is 2.87. The first-order valence-electron chi connectivity index (χ1n) is 5.39. The minimum atomic E-state index is -3.68. The quantitative estimate of drug-likeness (QED) is 0.756. The highest BCUT2D eigenvalue weighted by Gasteiger charge is 2.30. The molecule has 0 N–H and O–H groups in total. The molecule has 0 aromatic rings. The first kappa shape index (κ1) is 13.9. The molecule has 0 radical (unpaired) electrons. The predicted octanol–water partition coefficient (Wildman–Crippen LogP) is 0.788. The lowest BCUT2D eigenvalue weighted by Crippen LogP contribution is -2.39. The Morgan fingerprint density at radius 1 is 0.938 bits per heavy atom. The Kier molecular flexibility index (Phi) is 4.36. The van der Waals surface area contributed by atoms with Crippen LogP contribution in [0, 0.1) is 5.92 Å². The minimum absolute atomic E-state index is 0.109. The van der Waals surface area contributed by atoms with Crippen LogP contribution in [0.1, 0.15) is 32.1 Å². The maximum atomic E-state index is 11.4. The summed E-state index contributed by atoms with van der Waals surface area (Å²) in [6.45, 7) is 0.109. The number of nitrogens with zero attached hydrogens (tertiary/aromatic N) is 1. The first-order chi connectivity index (χ1) is 7.21. The van der Waals surface area contributed by atoms with Crippen molar-refractivity contribution in [2.24, 2.45) is 5.92 Å². The van der Waals surface area contributed by atoms with Gasteiger partial charge in [-0.25, -0.2) is 16.8 Å². The molecule has 0 aliphatic heterocycles. The molecular formula is C9H19NO4S2. The van der Waals surface area contributed by atoms with Gasteiger partial charge in [0.15, 0.2) is 0 Å². The van der Waals surface area contributed by atoms with Gasteiger partial charge in [-0.15, -0.1) is 0 Å². The van der Waals surface area contributed by atoms with E-state index >= 15 is 0 Å². The van der Waals surface area contributed by atoms with Gasteiger partial charge < -0.3 is 0 Å². The summed E-state index contributed by atoms with van der Waals surface area (Å²) >= 11 is 0. The Bertz CT molecular complexity index is 388. The van der Waals surface area contributed by atoms with Crippen LogP contribution in [0.2, 0.25) is 0 Å². The molecule has 0 aromatic heterocycles. The molecule has 0 spiro atoms. The average Bonchev–Trinajstić information content (AvgIpc) is 2.12. The predicted molar refractivity (Wildman–Crippen MR) is 63.0 cm³/mol. The van der Waals surface area contributed by atoms with Crippen molar-refractivity contribution >= 4 is 20.0 Å². The smallest absolute Gasteiger partial charge is 0.212 e. The second-order valence-electron chi connectivity index (χ2n) is 4.49. The molecule has 1 aliphatic carbocycles. The summed E-state index contributed by atoms with van der Waals surface area (Å²) in [7, 11) is -7.35. The fraction of sp³-hybridized carbons (Fsp3) is 1.00. The van der Waals surface area contributed by atoms with Crippen molar-refractivity contribution in [3.8, 4) is 0 Å². The summed E-state index contributed by atoms with van der Waals surface area (Å²) in [5.74, 6) is 0.179. The van der Waals surface area contributed by atoms with E-state index in [1.807, 2.05) is 0 Å². The number of hydrogen-bond donors (Lipinski definition) is 0. The van der Waals surface area contributed by atoms with E-state index in [1.54, 1.807) is 0 Å². The summed E-state index contributed by atoms with van der Waals surface area (Å²) in [6.07, 6.45) is 7.00. The molecule has 5 nitrogen and oxygen atoms in total. The highest BCUT2D eigenvalue weighted by molar-refractivity contribution is 8.03. The van der Waals surface area contributed by atoms with Crippen molar-refractivity contribution in [1.82, 2.24) is 3.71 Å². The second kappa shape index (κ2) is 5.01. The van der Waals surface area contributed by atoms with E-state index in [4.69, 9.17) is 0 Å². The molecule has 16 heavy (non-hydrogen) atoms. The van der Waals surface area contributed by atoms with E-state index in [2.05, 4.69) is 0 Å². The van der Waals surface area contributed by atoms with Crippen LogP contribution in [0.5, 0.6) is 0 Å².